The molecule has 0 spiro atoms. The van der Waals surface area contributed by atoms with Crippen molar-refractivity contribution >= 4 is 44.0 Å². The normalized spacial score (nSPS) is 17.2. The number of fused-ring (bicyclic) bond motifs is 1. The van der Waals surface area contributed by atoms with Crippen LogP contribution in [0.5, 0.6) is 0 Å². The Kier molecular flexibility index (Phi) is 7.36. The molecule has 1 aliphatic heterocycles. The van der Waals surface area contributed by atoms with Gasteiger partial charge in [0, 0.05) is 48.3 Å². The number of aromatic nitrogens is 2. The fourth-order valence-electron chi connectivity index (χ4n) is 4.33. The molecule has 1 atom stereocenters. The van der Waals surface area contributed by atoms with Gasteiger partial charge in [-0.05, 0) is 49.9 Å². The number of hydrogen-bond acceptors (Lipinski definition) is 5. The quantitative estimate of drug-likeness (QED) is 0.501. The zero-order chi connectivity index (χ0) is 24.6. The maximum Gasteiger partial charge on any atom is 0.329 e. The summed E-state index contributed by atoms with van der Waals surface area (Å²) in [5.41, 5.74) is 0.956. The number of aromatic amines is 1. The number of H-pyrrole nitrogens is 1. The predicted molar refractivity (Wildman–Crippen MR) is 140 cm³/mol. The van der Waals surface area contributed by atoms with Crippen LogP contribution in [-0.2, 0) is 27.2 Å². The second-order valence-electron chi connectivity index (χ2n) is 8.93. The number of nitrogens with zero attached hydrogens (tertiary/aromatic N) is 3. The van der Waals surface area contributed by atoms with E-state index in [1.165, 1.54) is 0 Å². The van der Waals surface area contributed by atoms with E-state index in [9.17, 15) is 13.8 Å². The Bertz CT molecular complexity index is 1390. The molecule has 1 saturated heterocycles. The van der Waals surface area contributed by atoms with E-state index in [1.807, 2.05) is 13.0 Å². The molecule has 10 heteroatoms. The zero-order valence-corrected chi connectivity index (χ0v) is 21.9. The predicted octanol–water partition coefficient (Wildman–Crippen LogP) is 3.30. The third kappa shape index (κ3) is 5.16. The molecule has 3 aromatic rings. The van der Waals surface area contributed by atoms with Crippen molar-refractivity contribution in [3.63, 3.8) is 0 Å². The van der Waals surface area contributed by atoms with Gasteiger partial charge in [-0.15, -0.1) is 0 Å². The molecule has 182 valence electrons. The summed E-state index contributed by atoms with van der Waals surface area (Å²) in [4.78, 5) is 34.6. The van der Waals surface area contributed by atoms with Gasteiger partial charge in [0.1, 0.15) is 21.9 Å². The molecule has 34 heavy (non-hydrogen) atoms. The Hall–Kier alpha value is -1.97. The highest BCUT2D eigenvalue weighted by Gasteiger charge is 2.27. The lowest BCUT2D eigenvalue weighted by Crippen LogP contribution is -2.44. The van der Waals surface area contributed by atoms with Gasteiger partial charge in [0.15, 0.2) is 4.90 Å². The fourth-order valence-corrected chi connectivity index (χ4v) is 6.11. The number of nitrogens with one attached hydrogen (secondary N) is 1. The molecule has 1 N–H and O–H groups in total. The molecule has 0 amide bonds. The minimum absolute atomic E-state index is 0.0366. The maximum absolute atomic E-state index is 13.5. The molecule has 0 bridgehead atoms. The van der Waals surface area contributed by atoms with E-state index in [0.717, 1.165) is 36.3 Å². The summed E-state index contributed by atoms with van der Waals surface area (Å²) in [7, 11) is -0.242. The van der Waals surface area contributed by atoms with Crippen molar-refractivity contribution in [1.82, 2.24) is 19.4 Å². The van der Waals surface area contributed by atoms with Crippen LogP contribution in [0.4, 0.5) is 0 Å². The van der Waals surface area contributed by atoms with Gasteiger partial charge in [-0.2, -0.15) is 0 Å². The van der Waals surface area contributed by atoms with Crippen molar-refractivity contribution in [1.29, 1.82) is 0 Å². The van der Waals surface area contributed by atoms with Crippen molar-refractivity contribution in [3.8, 4) is 0 Å². The average Bonchev–Trinajstić information content (AvgIpc) is 2.79. The van der Waals surface area contributed by atoms with Gasteiger partial charge < -0.3 is 9.88 Å². The fraction of sp³-hybridized carbons (Fsp3) is 0.417. The van der Waals surface area contributed by atoms with Crippen molar-refractivity contribution in [2.45, 2.75) is 24.9 Å². The van der Waals surface area contributed by atoms with E-state index in [1.54, 1.807) is 30.5 Å². The molecule has 1 fully saturated rings. The Morgan fingerprint density at radius 2 is 1.65 bits per heavy atom. The van der Waals surface area contributed by atoms with Crippen LogP contribution < -0.4 is 11.2 Å². The second-order valence-corrected chi connectivity index (χ2v) is 12.8. The number of hydrogen-bond donors (Lipinski definition) is 1. The van der Waals surface area contributed by atoms with Crippen LogP contribution in [0.25, 0.3) is 10.9 Å². The first-order valence-corrected chi connectivity index (χ1v) is 14.1. The highest BCUT2D eigenvalue weighted by Crippen LogP contribution is 2.26. The van der Waals surface area contributed by atoms with Crippen molar-refractivity contribution in [3.05, 3.63) is 72.3 Å². The van der Waals surface area contributed by atoms with Crippen LogP contribution in [0.3, 0.4) is 0 Å². The molecule has 7 nitrogen and oxygen atoms in total. The number of rotatable bonds is 6. The van der Waals surface area contributed by atoms with Gasteiger partial charge in [0.2, 0.25) is 0 Å². The van der Waals surface area contributed by atoms with E-state index in [2.05, 4.69) is 21.8 Å². The minimum Gasteiger partial charge on any atom is -0.306 e. The molecule has 1 unspecified atom stereocenters. The minimum atomic E-state index is -2.33. The first-order valence-electron chi connectivity index (χ1n) is 11.2. The third-order valence-electron chi connectivity index (χ3n) is 6.49. The van der Waals surface area contributed by atoms with Gasteiger partial charge in [-0.25, -0.2) is 4.79 Å². The summed E-state index contributed by atoms with van der Waals surface area (Å²) in [6.45, 7) is 6.13. The Balaban J connectivity index is 1.79. The van der Waals surface area contributed by atoms with Crippen LogP contribution in [0, 0.1) is 0 Å². The second kappa shape index (κ2) is 9.95. The van der Waals surface area contributed by atoms with E-state index < -0.39 is 21.2 Å². The van der Waals surface area contributed by atoms with Gasteiger partial charge in [-0.3, -0.25) is 14.3 Å². The molecule has 1 aromatic heterocycles. The van der Waals surface area contributed by atoms with Crippen LogP contribution in [-0.4, -0.2) is 64.6 Å². The van der Waals surface area contributed by atoms with Crippen molar-refractivity contribution in [2.24, 2.45) is 0 Å². The van der Waals surface area contributed by atoms with E-state index >= 15 is 0 Å². The zero-order valence-electron chi connectivity index (χ0n) is 19.6. The molecular weight excluding hydrogens is 495 g/mol. The van der Waals surface area contributed by atoms with Gasteiger partial charge >= 0.3 is 5.69 Å². The average molecular weight is 524 g/mol. The van der Waals surface area contributed by atoms with Crippen LogP contribution in [0.2, 0.25) is 10.0 Å². The monoisotopic (exact) mass is 523 g/mol. The van der Waals surface area contributed by atoms with Crippen LogP contribution >= 0.6 is 23.2 Å². The number of piperazine rings is 1. The first-order chi connectivity index (χ1) is 16.1. The Labute approximate surface area is 209 Å². The number of halogens is 2. The molecule has 2 aromatic carbocycles. The highest BCUT2D eigenvalue weighted by atomic mass is 35.5. The summed E-state index contributed by atoms with van der Waals surface area (Å²) >= 11 is 12.6. The Morgan fingerprint density at radius 1 is 0.971 bits per heavy atom. The van der Waals surface area contributed by atoms with Crippen molar-refractivity contribution < 1.29 is 4.21 Å². The summed E-state index contributed by atoms with van der Waals surface area (Å²) in [6.07, 6.45) is 1.68. The molecule has 2 heterocycles. The Morgan fingerprint density at radius 3 is 2.32 bits per heavy atom. The van der Waals surface area contributed by atoms with Crippen molar-refractivity contribution in [2.75, 3.05) is 45.2 Å². The molecule has 0 radical (unpaired) electrons. The molecule has 1 aliphatic rings. The van der Waals surface area contributed by atoms with Crippen LogP contribution in [0.15, 0.2) is 44.8 Å². The van der Waals surface area contributed by atoms with E-state index in [-0.39, 0.29) is 6.54 Å². The number of benzene rings is 2. The lowest BCUT2D eigenvalue weighted by molar-refractivity contribution is 0.148. The summed E-state index contributed by atoms with van der Waals surface area (Å²) in [6, 6.07) is 8.46. The van der Waals surface area contributed by atoms with E-state index in [4.69, 9.17) is 23.2 Å². The van der Waals surface area contributed by atoms with Gasteiger partial charge in [0.05, 0.1) is 17.4 Å². The lowest BCUT2D eigenvalue weighted by atomic mass is 10.1. The van der Waals surface area contributed by atoms with Gasteiger partial charge in [0.25, 0.3) is 5.56 Å². The lowest BCUT2D eigenvalue weighted by Gasteiger charge is -2.32. The molecule has 4 rings (SSSR count). The smallest absolute Gasteiger partial charge is 0.306 e. The maximum atomic E-state index is 13.5. The topological polar surface area (TPSA) is 78.4 Å². The van der Waals surface area contributed by atoms with Crippen LogP contribution in [0.1, 0.15) is 18.1 Å². The summed E-state index contributed by atoms with van der Waals surface area (Å²) in [5.74, 6) is 0.440. The third-order valence-corrected chi connectivity index (χ3v) is 9.38. The molecule has 0 saturated carbocycles. The highest BCUT2D eigenvalue weighted by molar-refractivity contribution is 8.02. The SMILES string of the molecule is CC[S+](C)(=O)c1ccc(Cl)cc1Cn1c(=O)[nH]c2c(CN3CCN(C)CC3)cc(Cl)cc2c1=O. The van der Waals surface area contributed by atoms with Gasteiger partial charge in [-0.1, -0.05) is 27.4 Å². The number of likely N-dealkylation sites (N-methyl/N-ethyl adjacent to an activating group) is 1. The molecular formula is C24H29Cl2N4O3S+. The molecule has 0 aliphatic carbocycles. The summed E-state index contributed by atoms with van der Waals surface area (Å²) in [5, 5.41) is 1.25. The van der Waals surface area contributed by atoms with E-state index in [0.29, 0.717) is 43.7 Å². The summed E-state index contributed by atoms with van der Waals surface area (Å²) < 4.78 is 14.2. The standard InChI is InChI=1S/C24H28Cl2N4O3S/c1-4-34(3,33)21-6-5-18(25)11-16(21)15-30-23(31)20-13-19(26)12-17(22(20)27-24(30)32)14-29-9-7-28(2)8-10-29/h5-6,11-13H,4,7-10,14-15H2,1-3H3/p+1. The first kappa shape index (κ1) is 25.1. The largest absolute Gasteiger partial charge is 0.329 e.